The maximum absolute atomic E-state index is 13.5. The van der Waals surface area contributed by atoms with Gasteiger partial charge in [0.05, 0.1) is 11.8 Å². The quantitative estimate of drug-likeness (QED) is 0.432. The predicted molar refractivity (Wildman–Crippen MR) is 137 cm³/mol. The van der Waals surface area contributed by atoms with Gasteiger partial charge in [0.15, 0.2) is 0 Å². The summed E-state index contributed by atoms with van der Waals surface area (Å²) in [6.07, 6.45) is 3.32. The van der Waals surface area contributed by atoms with Gasteiger partial charge >= 0.3 is 6.03 Å². The first kappa shape index (κ1) is 24.5. The largest absolute Gasteiger partial charge is 0.438 e. The van der Waals surface area contributed by atoms with Gasteiger partial charge < -0.3 is 9.64 Å². The van der Waals surface area contributed by atoms with E-state index in [9.17, 15) is 13.2 Å². The number of aromatic nitrogens is 2. The molecule has 2 aromatic carbocycles. The van der Waals surface area contributed by atoms with Crippen LogP contribution in [0.3, 0.4) is 0 Å². The zero-order chi connectivity index (χ0) is 25.1. The molecule has 1 aromatic heterocycles. The number of nitrogens with zero attached hydrogens (tertiary/aromatic N) is 5. The molecule has 5 rings (SSSR count). The highest BCUT2D eigenvalue weighted by Gasteiger charge is 2.40. The lowest BCUT2D eigenvalue weighted by Gasteiger charge is -2.24. The molecule has 0 unspecified atom stereocenters. The minimum absolute atomic E-state index is 0.101. The fourth-order valence-corrected chi connectivity index (χ4v) is 6.21. The summed E-state index contributed by atoms with van der Waals surface area (Å²) in [6, 6.07) is 17.3. The number of hydrogen-bond donors (Lipinski definition) is 0. The van der Waals surface area contributed by atoms with E-state index >= 15 is 0 Å². The molecule has 1 atom stereocenters. The van der Waals surface area contributed by atoms with Gasteiger partial charge in [-0.15, -0.1) is 5.10 Å². The summed E-state index contributed by atoms with van der Waals surface area (Å²) in [5.74, 6) is 0.822. The Kier molecular flexibility index (Phi) is 7.08. The smallest absolute Gasteiger partial charge is 0.325 e. The topological polar surface area (TPSA) is 95.9 Å². The van der Waals surface area contributed by atoms with E-state index in [-0.39, 0.29) is 24.4 Å². The van der Waals surface area contributed by atoms with Crippen molar-refractivity contribution in [3.63, 3.8) is 0 Å². The maximum atomic E-state index is 13.5. The van der Waals surface area contributed by atoms with Crippen molar-refractivity contribution in [3.05, 3.63) is 77.4 Å². The molecule has 36 heavy (non-hydrogen) atoms. The maximum Gasteiger partial charge on any atom is 0.325 e. The highest BCUT2D eigenvalue weighted by molar-refractivity contribution is 7.89. The second kappa shape index (κ2) is 10.4. The molecule has 0 radical (unpaired) electrons. The lowest BCUT2D eigenvalue weighted by molar-refractivity contribution is 0.223. The number of carbonyl (C=O) groups excluding carboxylic acids is 1. The van der Waals surface area contributed by atoms with Gasteiger partial charge in [-0.3, -0.25) is 4.90 Å². The average Bonchev–Trinajstić information content (AvgIpc) is 3.54. The lowest BCUT2D eigenvalue weighted by Crippen LogP contribution is -2.38. The van der Waals surface area contributed by atoms with Crippen LogP contribution >= 0.6 is 11.6 Å². The normalized spacial score (nSPS) is 18.7. The third-order valence-electron chi connectivity index (χ3n) is 6.38. The number of hydrogen-bond acceptors (Lipinski definition) is 6. The third kappa shape index (κ3) is 5.30. The van der Waals surface area contributed by atoms with Crippen molar-refractivity contribution in [2.75, 3.05) is 36.8 Å². The first-order chi connectivity index (χ1) is 17.4. The van der Waals surface area contributed by atoms with Crippen LogP contribution in [0.4, 0.5) is 10.5 Å². The number of ether oxygens (including phenoxy) is 1. The number of urea groups is 1. The highest BCUT2D eigenvalue weighted by atomic mass is 35.5. The number of anilines is 1. The van der Waals surface area contributed by atoms with E-state index in [0.717, 1.165) is 18.4 Å². The standard InChI is InChI=1S/C25H26ClN5O4S/c26-20-8-10-21(11-9-20)31-23(19-5-3-6-22(17-19)35-24-7-4-12-27-28-24)18-29(25(31)32)15-16-36(33,34)30-13-1-2-14-30/h3-12,17,23H,1-2,13-16,18H2/t23-/m1/s1. The molecule has 0 saturated carbocycles. The Morgan fingerprint density at radius 2 is 1.81 bits per heavy atom. The summed E-state index contributed by atoms with van der Waals surface area (Å²) in [7, 11) is -3.41. The molecule has 0 bridgehead atoms. The molecule has 2 fully saturated rings. The molecule has 2 amide bonds. The Hall–Kier alpha value is -3.21. The molecule has 2 aliphatic rings. The summed E-state index contributed by atoms with van der Waals surface area (Å²) in [5, 5.41) is 8.35. The predicted octanol–water partition coefficient (Wildman–Crippen LogP) is 4.33. The first-order valence-electron chi connectivity index (χ1n) is 11.8. The molecule has 3 aromatic rings. The Morgan fingerprint density at radius 3 is 2.53 bits per heavy atom. The van der Waals surface area contributed by atoms with Crippen LogP contribution in [0, 0.1) is 0 Å². The van der Waals surface area contributed by atoms with E-state index in [1.807, 2.05) is 24.3 Å². The number of benzene rings is 2. The van der Waals surface area contributed by atoms with Crippen molar-refractivity contribution in [1.82, 2.24) is 19.4 Å². The van der Waals surface area contributed by atoms with Gasteiger partial charge in [0.25, 0.3) is 0 Å². The highest BCUT2D eigenvalue weighted by Crippen LogP contribution is 2.36. The van der Waals surface area contributed by atoms with Crippen molar-refractivity contribution < 1.29 is 17.9 Å². The molecule has 0 spiro atoms. The number of amides is 2. The fraction of sp³-hybridized carbons (Fsp3) is 0.320. The Bertz CT molecular complexity index is 1320. The minimum Gasteiger partial charge on any atom is -0.438 e. The number of rotatable bonds is 8. The molecule has 2 saturated heterocycles. The molecule has 2 aliphatic heterocycles. The van der Waals surface area contributed by atoms with Crippen molar-refractivity contribution in [2.45, 2.75) is 18.9 Å². The first-order valence-corrected chi connectivity index (χ1v) is 13.8. The van der Waals surface area contributed by atoms with Crippen LogP contribution in [0.25, 0.3) is 0 Å². The summed E-state index contributed by atoms with van der Waals surface area (Å²) in [5.41, 5.74) is 1.53. The van der Waals surface area contributed by atoms with Crippen LogP contribution in [0.1, 0.15) is 24.4 Å². The summed E-state index contributed by atoms with van der Waals surface area (Å²) in [6.45, 7) is 1.56. The van der Waals surface area contributed by atoms with Crippen LogP contribution in [0.15, 0.2) is 66.9 Å². The molecule has 188 valence electrons. The van der Waals surface area contributed by atoms with Gasteiger partial charge in [-0.25, -0.2) is 17.5 Å². The Morgan fingerprint density at radius 1 is 1.03 bits per heavy atom. The fourth-order valence-electron chi connectivity index (χ4n) is 4.56. The van der Waals surface area contributed by atoms with Gasteiger partial charge in [0.2, 0.25) is 15.9 Å². The van der Waals surface area contributed by atoms with Gasteiger partial charge in [-0.2, -0.15) is 5.10 Å². The van der Waals surface area contributed by atoms with E-state index in [4.69, 9.17) is 16.3 Å². The summed E-state index contributed by atoms with van der Waals surface area (Å²) in [4.78, 5) is 16.8. The second-order valence-corrected chi connectivity index (χ2v) is 11.3. The van der Waals surface area contributed by atoms with Gasteiger partial charge in [-0.05, 0) is 60.9 Å². The number of carbonyl (C=O) groups is 1. The monoisotopic (exact) mass is 527 g/mol. The van der Waals surface area contributed by atoms with Gasteiger partial charge in [0.1, 0.15) is 5.75 Å². The van der Waals surface area contributed by atoms with E-state index in [2.05, 4.69) is 10.2 Å². The number of sulfonamides is 1. The van der Waals surface area contributed by atoms with Crippen molar-refractivity contribution >= 4 is 33.3 Å². The van der Waals surface area contributed by atoms with Crippen LogP contribution < -0.4 is 9.64 Å². The zero-order valence-electron chi connectivity index (χ0n) is 19.5. The molecule has 3 heterocycles. The SMILES string of the molecule is O=C1N(CCS(=O)(=O)N2CCCC2)C[C@H](c2cccc(Oc3cccnn3)c2)N1c1ccc(Cl)cc1. The van der Waals surface area contributed by atoms with Crippen molar-refractivity contribution in [2.24, 2.45) is 0 Å². The van der Waals surface area contributed by atoms with Crippen LogP contribution in [0.2, 0.25) is 5.02 Å². The van der Waals surface area contributed by atoms with Crippen LogP contribution in [-0.4, -0.2) is 65.8 Å². The molecule has 9 nitrogen and oxygen atoms in total. The lowest BCUT2D eigenvalue weighted by atomic mass is 10.1. The van der Waals surface area contributed by atoms with Crippen LogP contribution in [0.5, 0.6) is 11.6 Å². The van der Waals surface area contributed by atoms with Crippen molar-refractivity contribution in [1.29, 1.82) is 0 Å². The van der Waals surface area contributed by atoms with Gasteiger partial charge in [0, 0.05) is 49.2 Å². The molecular formula is C25H26ClN5O4S. The third-order valence-corrected chi connectivity index (χ3v) is 8.48. The van der Waals surface area contributed by atoms with E-state index in [0.29, 0.717) is 42.0 Å². The number of halogens is 1. The molecule has 11 heteroatoms. The van der Waals surface area contributed by atoms with Gasteiger partial charge in [-0.1, -0.05) is 23.7 Å². The average molecular weight is 528 g/mol. The molecule has 0 aliphatic carbocycles. The molecule has 0 N–H and O–H groups in total. The summed E-state index contributed by atoms with van der Waals surface area (Å²) < 4.78 is 32.9. The van der Waals surface area contributed by atoms with Crippen LogP contribution in [-0.2, 0) is 10.0 Å². The molecular weight excluding hydrogens is 502 g/mol. The van der Waals surface area contributed by atoms with E-state index in [1.54, 1.807) is 52.4 Å². The Labute approximate surface area is 215 Å². The zero-order valence-corrected chi connectivity index (χ0v) is 21.1. The van der Waals surface area contributed by atoms with Crippen molar-refractivity contribution in [3.8, 4) is 11.6 Å². The minimum atomic E-state index is -3.41. The Balaban J connectivity index is 1.40. The van der Waals surface area contributed by atoms with E-state index < -0.39 is 10.0 Å². The second-order valence-electron chi connectivity index (χ2n) is 8.75. The summed E-state index contributed by atoms with van der Waals surface area (Å²) >= 11 is 6.08. The van der Waals surface area contributed by atoms with E-state index in [1.165, 1.54) is 4.31 Å².